The first kappa shape index (κ1) is 27.9. The van der Waals surface area contributed by atoms with Crippen molar-refractivity contribution >= 4 is 17.8 Å². The summed E-state index contributed by atoms with van der Waals surface area (Å²) in [4.78, 5) is 41.0. The molecule has 0 radical (unpaired) electrons. The fourth-order valence-corrected chi connectivity index (χ4v) is 4.58. The fraction of sp³-hybridized carbons (Fsp3) is 0.739. The van der Waals surface area contributed by atoms with E-state index in [1.54, 1.807) is 6.20 Å². The van der Waals surface area contributed by atoms with E-state index in [2.05, 4.69) is 24.1 Å². The number of aromatic nitrogens is 2. The summed E-state index contributed by atoms with van der Waals surface area (Å²) >= 11 is 0. The van der Waals surface area contributed by atoms with Crippen molar-refractivity contribution in [3.63, 3.8) is 0 Å². The van der Waals surface area contributed by atoms with E-state index in [0.29, 0.717) is 58.2 Å². The Morgan fingerprint density at radius 2 is 1.83 bits per heavy atom. The lowest BCUT2D eigenvalue weighted by molar-refractivity contribution is -0.192. The number of ether oxygens (including phenoxy) is 2. The third-order valence-corrected chi connectivity index (χ3v) is 6.53. The van der Waals surface area contributed by atoms with E-state index in [4.69, 9.17) is 19.4 Å². The summed E-state index contributed by atoms with van der Waals surface area (Å²) in [6.45, 7) is 7.85. The number of aliphatic carboxylic acids is 1. The van der Waals surface area contributed by atoms with Gasteiger partial charge in [0.25, 0.3) is 5.91 Å². The Morgan fingerprint density at radius 3 is 2.39 bits per heavy atom. The molecule has 2 fully saturated rings. The van der Waals surface area contributed by atoms with Gasteiger partial charge in [-0.15, -0.1) is 0 Å². The number of carbonyl (C=O) groups excluding carboxylic acids is 2. The maximum Gasteiger partial charge on any atom is 0.490 e. The third kappa shape index (κ3) is 6.75. The first-order valence-corrected chi connectivity index (χ1v) is 12.1. The van der Waals surface area contributed by atoms with E-state index in [0.717, 1.165) is 18.7 Å². The number of carbonyl (C=O) groups is 3. The lowest BCUT2D eigenvalue weighted by atomic mass is 9.87. The van der Waals surface area contributed by atoms with Gasteiger partial charge in [-0.05, 0) is 18.8 Å². The van der Waals surface area contributed by atoms with Crippen molar-refractivity contribution in [2.24, 2.45) is 11.8 Å². The highest BCUT2D eigenvalue weighted by atomic mass is 19.4. The molecule has 36 heavy (non-hydrogen) atoms. The number of imidazole rings is 1. The molecule has 2 N–H and O–H groups in total. The van der Waals surface area contributed by atoms with Crippen molar-refractivity contribution in [2.75, 3.05) is 32.8 Å². The first-order chi connectivity index (χ1) is 16.9. The number of hydrogen-bond donors (Lipinski definition) is 2. The number of carboxylic acid groups (broad SMARTS) is 1. The van der Waals surface area contributed by atoms with E-state index >= 15 is 0 Å². The highest BCUT2D eigenvalue weighted by Crippen LogP contribution is 2.40. The summed E-state index contributed by atoms with van der Waals surface area (Å²) in [6.07, 6.45) is 1.00. The number of amides is 2. The molecule has 2 amide bonds. The molecule has 1 atom stereocenters. The van der Waals surface area contributed by atoms with Gasteiger partial charge in [0.2, 0.25) is 5.91 Å². The fourth-order valence-electron chi connectivity index (χ4n) is 4.58. The number of halogens is 3. The van der Waals surface area contributed by atoms with Crippen molar-refractivity contribution in [1.29, 1.82) is 0 Å². The lowest BCUT2D eigenvalue weighted by Crippen LogP contribution is -2.55. The van der Waals surface area contributed by atoms with Crippen LogP contribution in [0.1, 0.15) is 45.4 Å². The van der Waals surface area contributed by atoms with Gasteiger partial charge in [0.15, 0.2) is 6.10 Å². The van der Waals surface area contributed by atoms with Crippen LogP contribution in [0.25, 0.3) is 0 Å². The van der Waals surface area contributed by atoms with Crippen LogP contribution >= 0.6 is 0 Å². The molecule has 0 aliphatic carbocycles. The quantitative estimate of drug-likeness (QED) is 0.625. The van der Waals surface area contributed by atoms with Crippen LogP contribution in [0.3, 0.4) is 0 Å². The third-order valence-electron chi connectivity index (χ3n) is 6.53. The highest BCUT2D eigenvalue weighted by Gasteiger charge is 2.48. The largest absolute Gasteiger partial charge is 0.490 e. The molecule has 13 heteroatoms. The van der Waals surface area contributed by atoms with E-state index < -0.39 is 23.9 Å². The highest BCUT2D eigenvalue weighted by molar-refractivity contribution is 5.81. The topological polar surface area (TPSA) is 123 Å². The van der Waals surface area contributed by atoms with Crippen LogP contribution in [-0.2, 0) is 36.0 Å². The number of likely N-dealkylation sites (tertiary alicyclic amines) is 1. The minimum Gasteiger partial charge on any atom is -0.475 e. The van der Waals surface area contributed by atoms with Crippen LogP contribution in [0.2, 0.25) is 0 Å². The normalized spacial score (nSPS) is 21.9. The average Bonchev–Trinajstić information content (AvgIpc) is 3.33. The van der Waals surface area contributed by atoms with Crippen molar-refractivity contribution < 1.29 is 42.1 Å². The zero-order chi connectivity index (χ0) is 26.5. The number of hydrogen-bond acceptors (Lipinski definition) is 6. The van der Waals surface area contributed by atoms with Crippen molar-refractivity contribution in [3.05, 3.63) is 18.2 Å². The van der Waals surface area contributed by atoms with Crippen molar-refractivity contribution in [3.8, 4) is 0 Å². The van der Waals surface area contributed by atoms with Crippen LogP contribution in [0, 0.1) is 11.8 Å². The molecule has 1 aromatic rings. The molecule has 0 saturated carbocycles. The zero-order valence-corrected chi connectivity index (χ0v) is 20.4. The second-order valence-corrected chi connectivity index (χ2v) is 9.66. The Labute approximate surface area is 207 Å². The number of nitrogens with one attached hydrogen (secondary N) is 1. The Morgan fingerprint density at radius 1 is 1.22 bits per heavy atom. The molecular weight excluding hydrogens is 485 g/mol. The van der Waals surface area contributed by atoms with Gasteiger partial charge < -0.3 is 29.4 Å². The van der Waals surface area contributed by atoms with Gasteiger partial charge in [-0.3, -0.25) is 9.59 Å². The van der Waals surface area contributed by atoms with Crippen molar-refractivity contribution in [1.82, 2.24) is 19.8 Å². The molecule has 3 aliphatic rings. The van der Waals surface area contributed by atoms with Crippen molar-refractivity contribution in [2.45, 2.75) is 64.0 Å². The Hall–Kier alpha value is -2.67. The molecular formula is C23H33F3N4O6. The molecule has 4 heterocycles. The van der Waals surface area contributed by atoms with E-state index in [1.165, 1.54) is 0 Å². The second-order valence-electron chi connectivity index (χ2n) is 9.66. The summed E-state index contributed by atoms with van der Waals surface area (Å²) in [5.41, 5.74) is -0.603. The van der Waals surface area contributed by atoms with Crippen LogP contribution in [0.4, 0.5) is 13.2 Å². The van der Waals surface area contributed by atoms with Crippen LogP contribution in [0.15, 0.2) is 12.4 Å². The predicted octanol–water partition coefficient (Wildman–Crippen LogP) is 1.93. The second kappa shape index (κ2) is 11.6. The summed E-state index contributed by atoms with van der Waals surface area (Å²) in [5, 5.41) is 10.1. The van der Waals surface area contributed by atoms with Gasteiger partial charge in [-0.2, -0.15) is 13.2 Å². The number of nitrogens with zero attached hydrogens (tertiary/aromatic N) is 3. The Kier molecular flexibility index (Phi) is 8.98. The molecule has 1 unspecified atom stereocenters. The SMILES string of the molecule is CC(C)CNC(=O)C1Cn2ccnc2C2(CCN(C(=O)C3CCOCC3)CC2)O1.O=C(O)C(F)(F)F. The summed E-state index contributed by atoms with van der Waals surface area (Å²) in [6, 6.07) is 0. The first-order valence-electron chi connectivity index (χ1n) is 12.1. The van der Waals surface area contributed by atoms with Crippen LogP contribution in [-0.4, -0.2) is 82.5 Å². The minimum atomic E-state index is -5.08. The molecule has 3 aliphatic heterocycles. The van der Waals surface area contributed by atoms with Crippen LogP contribution < -0.4 is 5.32 Å². The summed E-state index contributed by atoms with van der Waals surface area (Å²) in [7, 11) is 0. The van der Waals surface area contributed by atoms with Gasteiger partial charge in [-0.1, -0.05) is 13.8 Å². The van der Waals surface area contributed by atoms with E-state index in [-0.39, 0.29) is 17.7 Å². The predicted molar refractivity (Wildman–Crippen MR) is 120 cm³/mol. The summed E-state index contributed by atoms with van der Waals surface area (Å²) in [5.74, 6) is -1.26. The Balaban J connectivity index is 0.000000454. The maximum absolute atomic E-state index is 12.9. The molecule has 2 saturated heterocycles. The maximum atomic E-state index is 12.9. The van der Waals surface area contributed by atoms with Crippen LogP contribution in [0.5, 0.6) is 0 Å². The zero-order valence-electron chi connectivity index (χ0n) is 20.4. The minimum absolute atomic E-state index is 0.0709. The standard InChI is InChI=1S/C21H32N4O4.C2HF3O2/c1-15(2)13-23-18(26)17-14-25-10-7-22-20(25)21(29-17)5-8-24(9-6-21)19(27)16-3-11-28-12-4-16;3-2(4,5)1(6)7/h7,10,15-17H,3-6,8-9,11-14H2,1-2H3,(H,23,26);(H,6,7). The molecule has 202 valence electrons. The average molecular weight is 519 g/mol. The molecule has 1 spiro atoms. The van der Waals surface area contributed by atoms with Gasteiger partial charge >= 0.3 is 12.1 Å². The number of carboxylic acids is 1. The number of alkyl halides is 3. The number of fused-ring (bicyclic) bond motifs is 2. The van der Waals surface area contributed by atoms with Gasteiger partial charge in [0.05, 0.1) is 6.54 Å². The molecule has 0 aromatic carbocycles. The van der Waals surface area contributed by atoms with Gasteiger partial charge in [-0.25, -0.2) is 9.78 Å². The number of piperidine rings is 1. The van der Waals surface area contributed by atoms with E-state index in [1.807, 2.05) is 15.7 Å². The monoisotopic (exact) mass is 518 g/mol. The van der Waals surface area contributed by atoms with Gasteiger partial charge in [0.1, 0.15) is 11.4 Å². The Bertz CT molecular complexity index is 921. The summed E-state index contributed by atoms with van der Waals surface area (Å²) < 4.78 is 45.6. The molecule has 10 nitrogen and oxygen atoms in total. The smallest absolute Gasteiger partial charge is 0.475 e. The molecule has 0 bridgehead atoms. The molecule has 4 rings (SSSR count). The lowest BCUT2D eigenvalue weighted by Gasteiger charge is -2.46. The van der Waals surface area contributed by atoms with Gasteiger partial charge in [0, 0.05) is 64.0 Å². The molecule has 1 aromatic heterocycles. The number of rotatable bonds is 4. The van der Waals surface area contributed by atoms with E-state index in [9.17, 15) is 22.8 Å².